The highest BCUT2D eigenvalue weighted by molar-refractivity contribution is 7.92. The number of carbonyl (C=O) groups is 2. The molecular weight excluding hydrogens is 534 g/mol. The molecule has 0 aliphatic carbocycles. The lowest BCUT2D eigenvalue weighted by Gasteiger charge is -2.32. The maximum Gasteiger partial charge on any atom is 0.264 e. The normalized spacial score (nSPS) is 11.7. The number of hydrogen-bond acceptors (Lipinski definition) is 7. The summed E-state index contributed by atoms with van der Waals surface area (Å²) >= 11 is 0. The highest BCUT2D eigenvalue weighted by Gasteiger charge is 2.34. The van der Waals surface area contributed by atoms with Crippen molar-refractivity contribution in [3.63, 3.8) is 0 Å². The van der Waals surface area contributed by atoms with E-state index < -0.39 is 28.5 Å². The molecule has 1 N–H and O–H groups in total. The molecule has 0 saturated carbocycles. The Morgan fingerprint density at radius 2 is 1.50 bits per heavy atom. The molecule has 0 spiro atoms. The molecule has 0 unspecified atom stereocenters. The zero-order valence-electron chi connectivity index (χ0n) is 23.3. The molecule has 0 radical (unpaired) electrons. The number of nitrogens with zero attached hydrogens (tertiary/aromatic N) is 2. The molecule has 0 aliphatic heterocycles. The smallest absolute Gasteiger partial charge is 0.264 e. The number of amides is 2. The van der Waals surface area contributed by atoms with E-state index in [1.165, 1.54) is 37.3 Å². The van der Waals surface area contributed by atoms with Crippen LogP contribution >= 0.6 is 0 Å². The molecule has 0 aromatic heterocycles. The molecule has 0 saturated heterocycles. The number of likely N-dealkylation sites (N-methyl/N-ethyl adjacent to an activating group) is 1. The van der Waals surface area contributed by atoms with Gasteiger partial charge >= 0.3 is 0 Å². The SMILES string of the molecule is CCNC(=O)[C@@H](C)N(Cc1ccc(OC)cc1)C(=O)CN(c1cc(OC)ccc1OC)S(=O)(=O)c1ccccc1. The van der Waals surface area contributed by atoms with Crippen LogP contribution in [0.5, 0.6) is 17.2 Å². The number of carbonyl (C=O) groups excluding carboxylic acids is 2. The second kappa shape index (κ2) is 13.7. The first kappa shape index (κ1) is 30.3. The minimum atomic E-state index is -4.25. The third-order valence-electron chi connectivity index (χ3n) is 6.30. The van der Waals surface area contributed by atoms with Crippen molar-refractivity contribution in [1.29, 1.82) is 0 Å². The van der Waals surface area contributed by atoms with Gasteiger partial charge in [0.2, 0.25) is 11.8 Å². The van der Waals surface area contributed by atoms with E-state index in [9.17, 15) is 18.0 Å². The Bertz CT molecular complexity index is 1400. The van der Waals surface area contributed by atoms with Crippen LogP contribution in [-0.4, -0.2) is 65.6 Å². The second-order valence-electron chi connectivity index (χ2n) is 8.80. The Morgan fingerprint density at radius 3 is 2.08 bits per heavy atom. The molecule has 3 aromatic carbocycles. The summed E-state index contributed by atoms with van der Waals surface area (Å²) in [6, 6.07) is 18.7. The fourth-order valence-corrected chi connectivity index (χ4v) is 5.49. The highest BCUT2D eigenvalue weighted by atomic mass is 32.2. The van der Waals surface area contributed by atoms with Crippen LogP contribution in [0.25, 0.3) is 0 Å². The molecular formula is C29H35N3O7S. The van der Waals surface area contributed by atoms with Crippen LogP contribution in [0.15, 0.2) is 77.7 Å². The van der Waals surface area contributed by atoms with Crippen LogP contribution in [0.2, 0.25) is 0 Å². The molecule has 2 amide bonds. The Morgan fingerprint density at radius 1 is 0.875 bits per heavy atom. The number of nitrogens with one attached hydrogen (secondary N) is 1. The van der Waals surface area contributed by atoms with Crippen molar-refractivity contribution in [3.05, 3.63) is 78.4 Å². The first-order chi connectivity index (χ1) is 19.2. The van der Waals surface area contributed by atoms with Crippen LogP contribution in [0.1, 0.15) is 19.4 Å². The van der Waals surface area contributed by atoms with Crippen molar-refractivity contribution in [1.82, 2.24) is 10.2 Å². The van der Waals surface area contributed by atoms with Gasteiger partial charge in [-0.15, -0.1) is 0 Å². The Balaban J connectivity index is 2.09. The number of ether oxygens (including phenoxy) is 3. The summed E-state index contributed by atoms with van der Waals surface area (Å²) in [6.07, 6.45) is 0. The predicted molar refractivity (Wildman–Crippen MR) is 152 cm³/mol. The summed E-state index contributed by atoms with van der Waals surface area (Å²) in [5, 5.41) is 2.74. The fourth-order valence-electron chi connectivity index (χ4n) is 4.06. The number of anilines is 1. The van der Waals surface area contributed by atoms with Crippen LogP contribution in [0.3, 0.4) is 0 Å². The zero-order chi connectivity index (χ0) is 29.3. The van der Waals surface area contributed by atoms with Gasteiger partial charge in [0.05, 0.1) is 31.9 Å². The van der Waals surface area contributed by atoms with E-state index >= 15 is 0 Å². The summed E-state index contributed by atoms with van der Waals surface area (Å²) in [6.45, 7) is 3.23. The zero-order valence-corrected chi connectivity index (χ0v) is 24.1. The Hall–Kier alpha value is -4.25. The average Bonchev–Trinajstić information content (AvgIpc) is 2.98. The van der Waals surface area contributed by atoms with Crippen LogP contribution < -0.4 is 23.8 Å². The van der Waals surface area contributed by atoms with Gasteiger partial charge in [-0.25, -0.2) is 8.42 Å². The van der Waals surface area contributed by atoms with E-state index in [0.29, 0.717) is 18.0 Å². The first-order valence-electron chi connectivity index (χ1n) is 12.7. The standard InChI is InChI=1S/C29H35N3O7S/c1-6-30-29(34)21(2)31(19-22-12-14-23(37-3)15-13-22)28(33)20-32(40(35,36)25-10-8-7-9-11-25)26-18-24(38-4)16-17-27(26)39-5/h7-18,21H,6,19-20H2,1-5H3,(H,30,34)/t21-/m1/s1. The van der Waals surface area contributed by atoms with E-state index in [4.69, 9.17) is 14.2 Å². The summed E-state index contributed by atoms with van der Waals surface area (Å²) in [5.41, 5.74) is 0.857. The van der Waals surface area contributed by atoms with Gasteiger partial charge in [0, 0.05) is 19.2 Å². The van der Waals surface area contributed by atoms with Crippen LogP contribution in [0.4, 0.5) is 5.69 Å². The largest absolute Gasteiger partial charge is 0.497 e. The van der Waals surface area contributed by atoms with Gasteiger partial charge in [-0.1, -0.05) is 30.3 Å². The van der Waals surface area contributed by atoms with E-state index in [1.807, 2.05) is 0 Å². The summed E-state index contributed by atoms with van der Waals surface area (Å²) in [5.74, 6) is 0.303. The lowest BCUT2D eigenvalue weighted by atomic mass is 10.1. The van der Waals surface area contributed by atoms with E-state index in [1.54, 1.807) is 75.6 Å². The summed E-state index contributed by atoms with van der Waals surface area (Å²) < 4.78 is 44.9. The Labute approximate surface area is 235 Å². The first-order valence-corrected chi connectivity index (χ1v) is 14.1. The van der Waals surface area contributed by atoms with Gasteiger partial charge in [0.1, 0.15) is 29.8 Å². The quantitative estimate of drug-likeness (QED) is 0.335. The van der Waals surface area contributed by atoms with Gasteiger partial charge in [0.25, 0.3) is 10.0 Å². The van der Waals surface area contributed by atoms with Crippen LogP contribution in [-0.2, 0) is 26.2 Å². The highest BCUT2D eigenvalue weighted by Crippen LogP contribution is 2.36. The average molecular weight is 570 g/mol. The lowest BCUT2D eigenvalue weighted by Crippen LogP contribution is -2.51. The van der Waals surface area contributed by atoms with Gasteiger partial charge in [-0.2, -0.15) is 0 Å². The molecule has 40 heavy (non-hydrogen) atoms. The van der Waals surface area contributed by atoms with Crippen molar-refractivity contribution >= 4 is 27.5 Å². The van der Waals surface area contributed by atoms with E-state index in [0.717, 1.165) is 9.87 Å². The minimum Gasteiger partial charge on any atom is -0.497 e. The maximum atomic E-state index is 14.0. The molecule has 3 rings (SSSR count). The molecule has 0 heterocycles. The van der Waals surface area contributed by atoms with Crippen molar-refractivity contribution in [3.8, 4) is 17.2 Å². The molecule has 214 valence electrons. The van der Waals surface area contributed by atoms with E-state index in [-0.39, 0.29) is 28.8 Å². The number of methoxy groups -OCH3 is 3. The third kappa shape index (κ3) is 7.03. The van der Waals surface area contributed by atoms with Crippen molar-refractivity contribution < 1.29 is 32.2 Å². The monoisotopic (exact) mass is 569 g/mol. The third-order valence-corrected chi connectivity index (χ3v) is 8.07. The summed E-state index contributed by atoms with van der Waals surface area (Å²) in [7, 11) is 0.173. The van der Waals surface area contributed by atoms with Gasteiger partial charge in [-0.3, -0.25) is 13.9 Å². The number of sulfonamides is 1. The molecule has 10 nitrogen and oxygen atoms in total. The van der Waals surface area contributed by atoms with Gasteiger partial charge in [-0.05, 0) is 55.8 Å². The molecule has 0 bridgehead atoms. The van der Waals surface area contributed by atoms with E-state index in [2.05, 4.69) is 5.32 Å². The van der Waals surface area contributed by atoms with Gasteiger partial charge < -0.3 is 24.4 Å². The topological polar surface area (TPSA) is 114 Å². The lowest BCUT2D eigenvalue weighted by molar-refractivity contribution is -0.139. The minimum absolute atomic E-state index is 0.00819. The van der Waals surface area contributed by atoms with Crippen molar-refractivity contribution in [2.75, 3.05) is 38.7 Å². The Kier molecular flexibility index (Phi) is 10.4. The fraction of sp³-hybridized carbons (Fsp3) is 0.310. The molecule has 1 atom stereocenters. The molecule has 0 fully saturated rings. The molecule has 0 aliphatic rings. The second-order valence-corrected chi connectivity index (χ2v) is 10.7. The summed E-state index contributed by atoms with van der Waals surface area (Å²) in [4.78, 5) is 28.2. The van der Waals surface area contributed by atoms with Gasteiger partial charge in [0.15, 0.2) is 0 Å². The molecule has 3 aromatic rings. The van der Waals surface area contributed by atoms with Crippen LogP contribution in [0, 0.1) is 0 Å². The van der Waals surface area contributed by atoms with Crippen molar-refractivity contribution in [2.45, 2.75) is 31.3 Å². The number of rotatable bonds is 13. The predicted octanol–water partition coefficient (Wildman–Crippen LogP) is 3.46. The maximum absolute atomic E-state index is 14.0. The number of hydrogen-bond donors (Lipinski definition) is 1. The number of benzene rings is 3. The van der Waals surface area contributed by atoms with Crippen molar-refractivity contribution in [2.24, 2.45) is 0 Å². The molecule has 11 heteroatoms.